The van der Waals surface area contributed by atoms with Crippen LogP contribution in [-0.4, -0.2) is 43.5 Å². The molecule has 1 atom stereocenters. The highest BCUT2D eigenvalue weighted by Gasteiger charge is 2.43. The molecule has 0 aromatic carbocycles. The van der Waals surface area contributed by atoms with Gasteiger partial charge in [-0.3, -0.25) is 4.90 Å². The summed E-state index contributed by atoms with van der Waals surface area (Å²) in [6.07, 6.45) is 9.66. The van der Waals surface area contributed by atoms with Crippen LogP contribution in [0.2, 0.25) is 0 Å². The first-order valence-electron chi connectivity index (χ1n) is 7.95. The van der Waals surface area contributed by atoms with E-state index in [4.69, 9.17) is 9.47 Å². The first-order chi connectivity index (χ1) is 9.30. The van der Waals surface area contributed by atoms with Crippen molar-refractivity contribution in [3.8, 4) is 0 Å². The molecule has 0 aromatic heterocycles. The Kier molecular flexibility index (Phi) is 5.86. The Morgan fingerprint density at radius 2 is 1.89 bits per heavy atom. The minimum Gasteiger partial charge on any atom is -0.376 e. The van der Waals surface area contributed by atoms with Gasteiger partial charge in [-0.25, -0.2) is 0 Å². The molecule has 0 amide bonds. The summed E-state index contributed by atoms with van der Waals surface area (Å²) < 4.78 is 11.7. The van der Waals surface area contributed by atoms with Gasteiger partial charge in [-0.1, -0.05) is 38.3 Å². The van der Waals surface area contributed by atoms with Crippen molar-refractivity contribution in [2.45, 2.75) is 58.1 Å². The molecule has 2 aliphatic heterocycles. The Bertz CT molecular complexity index is 295. The molecular weight excluding hydrogens is 238 g/mol. The molecule has 2 rings (SSSR count). The zero-order valence-electron chi connectivity index (χ0n) is 12.6. The van der Waals surface area contributed by atoms with Crippen LogP contribution < -0.4 is 0 Å². The highest BCUT2D eigenvalue weighted by Crippen LogP contribution is 2.31. The molecule has 3 nitrogen and oxygen atoms in total. The van der Waals surface area contributed by atoms with Gasteiger partial charge < -0.3 is 9.47 Å². The van der Waals surface area contributed by atoms with Gasteiger partial charge >= 0.3 is 0 Å². The van der Waals surface area contributed by atoms with Crippen molar-refractivity contribution in [3.63, 3.8) is 0 Å². The Balaban J connectivity index is 1.87. The summed E-state index contributed by atoms with van der Waals surface area (Å²) in [4.78, 5) is 2.48. The van der Waals surface area contributed by atoms with Crippen molar-refractivity contribution in [3.05, 3.63) is 11.6 Å². The van der Waals surface area contributed by atoms with Gasteiger partial charge in [0.15, 0.2) is 0 Å². The molecule has 3 heteroatoms. The minimum atomic E-state index is -0.113. The Hall–Kier alpha value is -0.380. The first-order valence-corrected chi connectivity index (χ1v) is 7.95. The van der Waals surface area contributed by atoms with Crippen LogP contribution in [0.1, 0.15) is 52.4 Å². The molecule has 19 heavy (non-hydrogen) atoms. The first kappa shape index (κ1) is 15.0. The average molecular weight is 267 g/mol. The molecule has 2 fully saturated rings. The molecule has 0 spiro atoms. The van der Waals surface area contributed by atoms with E-state index in [0.717, 1.165) is 45.8 Å². The summed E-state index contributed by atoms with van der Waals surface area (Å²) in [6, 6.07) is 0. The molecular formula is C16H29NO2. The number of morpholine rings is 1. The van der Waals surface area contributed by atoms with E-state index in [9.17, 15) is 0 Å². The van der Waals surface area contributed by atoms with Crippen LogP contribution in [-0.2, 0) is 9.47 Å². The van der Waals surface area contributed by atoms with Crippen LogP contribution in [0, 0.1) is 0 Å². The van der Waals surface area contributed by atoms with Crippen molar-refractivity contribution < 1.29 is 9.47 Å². The predicted molar refractivity (Wildman–Crippen MR) is 78.2 cm³/mol. The zero-order valence-corrected chi connectivity index (χ0v) is 12.6. The Labute approximate surface area is 117 Å². The molecule has 0 bridgehead atoms. The lowest BCUT2D eigenvalue weighted by Gasteiger charge is -2.40. The third-order valence-corrected chi connectivity index (χ3v) is 4.25. The minimum absolute atomic E-state index is 0.113. The van der Waals surface area contributed by atoms with E-state index in [1.807, 2.05) is 0 Å². The third kappa shape index (κ3) is 3.80. The lowest BCUT2D eigenvalue weighted by atomic mass is 10.0. The summed E-state index contributed by atoms with van der Waals surface area (Å²) in [5.41, 5.74) is 1.51. The summed E-state index contributed by atoms with van der Waals surface area (Å²) >= 11 is 0. The fourth-order valence-corrected chi connectivity index (χ4v) is 3.27. The summed E-state index contributed by atoms with van der Waals surface area (Å²) in [6.45, 7) is 9.10. The van der Waals surface area contributed by atoms with Crippen LogP contribution >= 0.6 is 0 Å². The molecule has 2 saturated heterocycles. The highest BCUT2D eigenvalue weighted by atomic mass is 16.6. The predicted octanol–water partition coefficient (Wildman–Crippen LogP) is 3.35. The number of ether oxygens (including phenoxy) is 2. The van der Waals surface area contributed by atoms with E-state index in [-0.39, 0.29) is 5.72 Å². The van der Waals surface area contributed by atoms with Crippen molar-refractivity contribution in [2.24, 2.45) is 0 Å². The lowest BCUT2D eigenvalue weighted by Crippen LogP contribution is -2.53. The molecule has 0 N–H and O–H groups in total. The number of allylic oxidation sites excluding steroid dienone is 2. The maximum Gasteiger partial charge on any atom is 0.145 e. The number of fused-ring (bicyclic) bond motifs is 1. The van der Waals surface area contributed by atoms with Gasteiger partial charge in [0.05, 0.1) is 19.8 Å². The maximum absolute atomic E-state index is 6.02. The molecule has 0 saturated carbocycles. The van der Waals surface area contributed by atoms with Crippen LogP contribution in [0.3, 0.4) is 0 Å². The van der Waals surface area contributed by atoms with Crippen LogP contribution in [0.5, 0.6) is 0 Å². The summed E-state index contributed by atoms with van der Waals surface area (Å²) in [7, 11) is 0. The standard InChI is InChI=1S/C16H29NO2/c1-3-6-15(7-4-2)8-5-9-16-14-18-12-10-17(16)11-13-19-16/h8H,3-7,9-14H2,1-2H3/t16-/m0/s1. The maximum atomic E-state index is 6.02. The quantitative estimate of drug-likeness (QED) is 0.660. The van der Waals surface area contributed by atoms with E-state index in [1.165, 1.54) is 25.7 Å². The zero-order chi connectivity index (χ0) is 13.6. The van der Waals surface area contributed by atoms with Crippen LogP contribution in [0.25, 0.3) is 0 Å². The van der Waals surface area contributed by atoms with E-state index in [0.29, 0.717) is 0 Å². The highest BCUT2D eigenvalue weighted by molar-refractivity contribution is 5.03. The number of hydrogen-bond donors (Lipinski definition) is 0. The van der Waals surface area contributed by atoms with Crippen LogP contribution in [0.4, 0.5) is 0 Å². The van der Waals surface area contributed by atoms with Gasteiger partial charge in [-0.2, -0.15) is 0 Å². The number of rotatable bonds is 7. The van der Waals surface area contributed by atoms with Gasteiger partial charge in [0, 0.05) is 13.1 Å². The van der Waals surface area contributed by atoms with Gasteiger partial charge in [0.1, 0.15) is 5.72 Å². The lowest BCUT2D eigenvalue weighted by molar-refractivity contribution is -0.168. The Morgan fingerprint density at radius 1 is 1.16 bits per heavy atom. The van der Waals surface area contributed by atoms with Gasteiger partial charge in [0.2, 0.25) is 0 Å². The topological polar surface area (TPSA) is 21.7 Å². The SMILES string of the molecule is CCCC(=CCC[C@]12COCCN1CCO2)CCC. The van der Waals surface area contributed by atoms with Crippen molar-refractivity contribution >= 4 is 0 Å². The van der Waals surface area contributed by atoms with Crippen molar-refractivity contribution in [2.75, 3.05) is 32.9 Å². The van der Waals surface area contributed by atoms with Gasteiger partial charge in [-0.05, 0) is 25.7 Å². The van der Waals surface area contributed by atoms with Crippen molar-refractivity contribution in [1.29, 1.82) is 0 Å². The van der Waals surface area contributed by atoms with Crippen LogP contribution in [0.15, 0.2) is 11.6 Å². The second-order valence-electron chi connectivity index (χ2n) is 5.74. The molecule has 2 aliphatic rings. The molecule has 0 unspecified atom stereocenters. The van der Waals surface area contributed by atoms with E-state index < -0.39 is 0 Å². The molecule has 110 valence electrons. The third-order valence-electron chi connectivity index (χ3n) is 4.25. The monoisotopic (exact) mass is 267 g/mol. The number of nitrogens with zero attached hydrogens (tertiary/aromatic N) is 1. The fourth-order valence-electron chi connectivity index (χ4n) is 3.27. The molecule has 0 aliphatic carbocycles. The Morgan fingerprint density at radius 3 is 2.63 bits per heavy atom. The smallest absolute Gasteiger partial charge is 0.145 e. The molecule has 0 radical (unpaired) electrons. The van der Waals surface area contributed by atoms with E-state index >= 15 is 0 Å². The fraction of sp³-hybridized carbons (Fsp3) is 0.875. The van der Waals surface area contributed by atoms with E-state index in [2.05, 4.69) is 24.8 Å². The second kappa shape index (κ2) is 7.41. The van der Waals surface area contributed by atoms with Crippen molar-refractivity contribution in [1.82, 2.24) is 4.90 Å². The molecule has 0 aromatic rings. The van der Waals surface area contributed by atoms with Gasteiger partial charge in [-0.15, -0.1) is 0 Å². The normalized spacial score (nSPS) is 27.3. The summed E-state index contributed by atoms with van der Waals surface area (Å²) in [5, 5.41) is 0. The molecule has 2 heterocycles. The average Bonchev–Trinajstić information content (AvgIpc) is 2.83. The summed E-state index contributed by atoms with van der Waals surface area (Å²) in [5.74, 6) is 0. The largest absolute Gasteiger partial charge is 0.376 e. The number of hydrogen-bond acceptors (Lipinski definition) is 3. The second-order valence-corrected chi connectivity index (χ2v) is 5.74. The van der Waals surface area contributed by atoms with Gasteiger partial charge in [0.25, 0.3) is 0 Å². The van der Waals surface area contributed by atoms with E-state index in [1.54, 1.807) is 5.57 Å².